The summed E-state index contributed by atoms with van der Waals surface area (Å²) in [4.78, 5) is 60.5. The van der Waals surface area contributed by atoms with Crippen LogP contribution in [0.5, 0.6) is 0 Å². The number of rotatable bonds is 17. The van der Waals surface area contributed by atoms with Crippen molar-refractivity contribution in [2.24, 2.45) is 11.8 Å². The Labute approximate surface area is 288 Å². The molecule has 6 atom stereocenters. The summed E-state index contributed by atoms with van der Waals surface area (Å²) < 4.78 is 12.7. The summed E-state index contributed by atoms with van der Waals surface area (Å²) >= 11 is 0. The van der Waals surface area contributed by atoms with Gasteiger partial charge in [0.25, 0.3) is 5.91 Å². The standard InChI is InChI=1S/C38H48N4O7/c1-5-9-15-31(44)39-25-30(26-13-11-10-12-14-26)48-37(47)32-29-20-21-38(49-29)33(32)35(45)42(23-24-43)34(38)36(46)41(22-6-2)28-18-16-27(17-19-28)40(7-3)8-4/h5-6,10-14,16-19,29-30,32-34,43H,1-2,7-9,15,20-25H2,3-4H3,(H,39,44)/t29-,30-,32+,33+,34-,38+/m1/s1. The molecule has 0 saturated carbocycles. The summed E-state index contributed by atoms with van der Waals surface area (Å²) in [6.07, 6.45) is 3.52. The van der Waals surface area contributed by atoms with Crippen LogP contribution >= 0.6 is 0 Å². The van der Waals surface area contributed by atoms with E-state index in [1.807, 2.05) is 54.6 Å². The topological polar surface area (TPSA) is 129 Å². The third-order valence-electron chi connectivity index (χ3n) is 10.0. The van der Waals surface area contributed by atoms with E-state index >= 15 is 0 Å². The molecule has 0 aliphatic carbocycles. The number of aliphatic hydroxyl groups is 1. The Bertz CT molecular complexity index is 1510. The van der Waals surface area contributed by atoms with Gasteiger partial charge in [-0.2, -0.15) is 0 Å². The molecule has 0 unspecified atom stereocenters. The lowest BCUT2D eigenvalue weighted by atomic mass is 9.70. The molecule has 3 aliphatic heterocycles. The quantitative estimate of drug-likeness (QED) is 0.192. The van der Waals surface area contributed by atoms with Gasteiger partial charge in [-0.15, -0.1) is 13.2 Å². The van der Waals surface area contributed by atoms with E-state index in [4.69, 9.17) is 9.47 Å². The van der Waals surface area contributed by atoms with Crippen LogP contribution in [0, 0.1) is 11.8 Å². The SMILES string of the molecule is C=CCCC(=O)NC[C@@H](OC(=O)[C@@H]1[C@H]2C(=O)N(CCO)[C@H](C(=O)N(CC=C)c3ccc(N(CC)CC)cc3)[C@]23CC[C@H]1O3)c1ccccc1. The fourth-order valence-corrected chi connectivity index (χ4v) is 7.72. The van der Waals surface area contributed by atoms with Crippen molar-refractivity contribution >= 4 is 35.1 Å². The van der Waals surface area contributed by atoms with E-state index in [9.17, 15) is 24.3 Å². The maximum Gasteiger partial charge on any atom is 0.313 e. The molecule has 3 aliphatic rings. The van der Waals surface area contributed by atoms with Gasteiger partial charge in [0.2, 0.25) is 11.8 Å². The van der Waals surface area contributed by atoms with Crippen molar-refractivity contribution in [2.45, 2.75) is 63.4 Å². The number of likely N-dealkylation sites (tertiary alicyclic amines) is 1. The summed E-state index contributed by atoms with van der Waals surface area (Å²) in [6.45, 7) is 13.2. The Morgan fingerprint density at radius 3 is 2.41 bits per heavy atom. The number of carbonyl (C=O) groups is 4. The zero-order valence-corrected chi connectivity index (χ0v) is 28.5. The molecule has 5 rings (SSSR count). The third kappa shape index (κ3) is 7.00. The highest BCUT2D eigenvalue weighted by Crippen LogP contribution is 2.59. The van der Waals surface area contributed by atoms with Crippen molar-refractivity contribution in [3.8, 4) is 0 Å². The number of β-amino-alcohol motifs (C(OH)–C–C–N with tert-alkyl or cyclic N) is 1. The van der Waals surface area contributed by atoms with E-state index in [1.54, 1.807) is 17.1 Å². The highest BCUT2D eigenvalue weighted by atomic mass is 16.6. The van der Waals surface area contributed by atoms with Crippen LogP contribution in [0.2, 0.25) is 0 Å². The Morgan fingerprint density at radius 1 is 1.08 bits per heavy atom. The van der Waals surface area contributed by atoms with E-state index < -0.39 is 47.6 Å². The van der Waals surface area contributed by atoms with Gasteiger partial charge >= 0.3 is 5.97 Å². The number of esters is 1. The lowest BCUT2D eigenvalue weighted by molar-refractivity contribution is -0.160. The zero-order valence-electron chi connectivity index (χ0n) is 28.5. The number of benzene rings is 2. The third-order valence-corrected chi connectivity index (χ3v) is 10.0. The van der Waals surface area contributed by atoms with E-state index in [0.717, 1.165) is 18.8 Å². The number of anilines is 2. The van der Waals surface area contributed by atoms with Gasteiger partial charge < -0.3 is 34.6 Å². The first-order valence-electron chi connectivity index (χ1n) is 17.2. The molecular formula is C38H48N4O7. The van der Waals surface area contributed by atoms with Crippen LogP contribution in [0.1, 0.15) is 51.2 Å². The van der Waals surface area contributed by atoms with Crippen LogP contribution in [0.15, 0.2) is 79.9 Å². The van der Waals surface area contributed by atoms with E-state index in [0.29, 0.717) is 30.5 Å². The molecule has 0 radical (unpaired) electrons. The van der Waals surface area contributed by atoms with Crippen LogP contribution in [0.25, 0.3) is 0 Å². The summed E-state index contributed by atoms with van der Waals surface area (Å²) in [7, 11) is 0. The Kier molecular flexibility index (Phi) is 11.6. The minimum absolute atomic E-state index is 0.0506. The largest absolute Gasteiger partial charge is 0.455 e. The lowest BCUT2D eigenvalue weighted by Crippen LogP contribution is -2.56. The first-order chi connectivity index (χ1) is 23.7. The fourth-order valence-electron chi connectivity index (χ4n) is 7.72. The van der Waals surface area contributed by atoms with Crippen molar-refractivity contribution in [1.29, 1.82) is 0 Å². The van der Waals surface area contributed by atoms with Crippen LogP contribution in [0.3, 0.4) is 0 Å². The molecule has 3 fully saturated rings. The van der Waals surface area contributed by atoms with Gasteiger partial charge in [0, 0.05) is 44.0 Å². The molecule has 2 aromatic carbocycles. The second kappa shape index (κ2) is 15.8. The molecule has 49 heavy (non-hydrogen) atoms. The molecule has 11 heteroatoms. The van der Waals surface area contributed by atoms with Crippen LogP contribution in [0.4, 0.5) is 11.4 Å². The number of carbonyl (C=O) groups excluding carboxylic acids is 4. The predicted octanol–water partition coefficient (Wildman–Crippen LogP) is 3.79. The lowest BCUT2D eigenvalue weighted by Gasteiger charge is -2.36. The Balaban J connectivity index is 1.43. The minimum atomic E-state index is -1.26. The predicted molar refractivity (Wildman–Crippen MR) is 187 cm³/mol. The number of amides is 3. The molecule has 3 heterocycles. The number of hydrogen-bond acceptors (Lipinski definition) is 8. The Morgan fingerprint density at radius 2 is 1.78 bits per heavy atom. The summed E-state index contributed by atoms with van der Waals surface area (Å²) in [5.41, 5.74) is 1.10. The van der Waals surface area contributed by atoms with Crippen LogP contribution in [-0.4, -0.2) is 90.8 Å². The molecule has 3 saturated heterocycles. The zero-order chi connectivity index (χ0) is 35.1. The van der Waals surface area contributed by atoms with E-state index in [1.165, 1.54) is 4.90 Å². The van der Waals surface area contributed by atoms with Gasteiger partial charge in [0.15, 0.2) is 0 Å². The van der Waals surface area contributed by atoms with Gasteiger partial charge in [0.1, 0.15) is 17.7 Å². The molecular weight excluding hydrogens is 624 g/mol. The first kappa shape index (κ1) is 35.8. The summed E-state index contributed by atoms with van der Waals surface area (Å²) in [5, 5.41) is 12.9. The average molecular weight is 673 g/mol. The summed E-state index contributed by atoms with van der Waals surface area (Å²) in [5.74, 6) is -3.51. The van der Waals surface area contributed by atoms with Crippen LogP contribution in [-0.2, 0) is 28.7 Å². The fraction of sp³-hybridized carbons (Fsp3) is 0.474. The van der Waals surface area contributed by atoms with Crippen molar-refractivity contribution in [1.82, 2.24) is 10.2 Å². The molecule has 0 aromatic heterocycles. The highest BCUT2D eigenvalue weighted by Gasteiger charge is 2.75. The van der Waals surface area contributed by atoms with E-state index in [2.05, 4.69) is 37.2 Å². The van der Waals surface area contributed by atoms with Gasteiger partial charge in [-0.3, -0.25) is 19.2 Å². The average Bonchev–Trinajstić information content (AvgIpc) is 3.76. The molecule has 3 amide bonds. The number of nitrogens with zero attached hydrogens (tertiary/aromatic N) is 3. The Hall–Kier alpha value is -4.48. The molecule has 262 valence electrons. The van der Waals surface area contributed by atoms with Gasteiger partial charge in [0.05, 0.1) is 31.1 Å². The number of nitrogens with one attached hydrogen (secondary N) is 1. The highest BCUT2D eigenvalue weighted by molar-refractivity contribution is 6.04. The van der Waals surface area contributed by atoms with Crippen molar-refractivity contribution in [2.75, 3.05) is 49.1 Å². The van der Waals surface area contributed by atoms with Gasteiger partial charge in [-0.25, -0.2) is 0 Å². The number of aliphatic hydroxyl groups excluding tert-OH is 1. The number of allylic oxidation sites excluding steroid dienone is 1. The number of fused-ring (bicyclic) bond motifs is 1. The van der Waals surface area contributed by atoms with Gasteiger partial charge in [-0.05, 0) is 62.9 Å². The molecule has 2 bridgehead atoms. The smallest absolute Gasteiger partial charge is 0.313 e. The minimum Gasteiger partial charge on any atom is -0.455 e. The number of hydrogen-bond donors (Lipinski definition) is 2. The summed E-state index contributed by atoms with van der Waals surface area (Å²) in [6, 6.07) is 15.7. The molecule has 2 aromatic rings. The van der Waals surface area contributed by atoms with Crippen molar-refractivity contribution < 1.29 is 33.8 Å². The maximum atomic E-state index is 14.6. The molecule has 2 N–H and O–H groups in total. The van der Waals surface area contributed by atoms with Crippen molar-refractivity contribution in [3.05, 3.63) is 85.5 Å². The number of ether oxygens (including phenoxy) is 2. The second-order valence-electron chi connectivity index (χ2n) is 12.7. The van der Waals surface area contributed by atoms with Crippen LogP contribution < -0.4 is 15.1 Å². The maximum absolute atomic E-state index is 14.6. The van der Waals surface area contributed by atoms with Crippen molar-refractivity contribution in [3.63, 3.8) is 0 Å². The molecule has 1 spiro atoms. The van der Waals surface area contributed by atoms with E-state index in [-0.39, 0.29) is 44.5 Å². The van der Waals surface area contributed by atoms with Gasteiger partial charge in [-0.1, -0.05) is 42.5 Å². The molecule has 11 nitrogen and oxygen atoms in total. The monoisotopic (exact) mass is 672 g/mol. The first-order valence-corrected chi connectivity index (χ1v) is 17.2. The normalized spacial score (nSPS) is 24.2. The second-order valence-corrected chi connectivity index (χ2v) is 12.7.